The van der Waals surface area contributed by atoms with Crippen molar-refractivity contribution < 1.29 is 35.1 Å². The van der Waals surface area contributed by atoms with E-state index in [0.717, 1.165) is 28.2 Å². The van der Waals surface area contributed by atoms with Crippen LogP contribution in [0.5, 0.6) is 5.75 Å². The Balaban J connectivity index is 1.82. The molecule has 4 rings (SSSR count). The number of halogens is 5. The molecule has 36 heavy (non-hydrogen) atoms. The maximum absolute atomic E-state index is 14.4. The number of aryl methyl sites for hydroxylation is 1. The zero-order valence-corrected chi connectivity index (χ0v) is 19.8. The first-order chi connectivity index (χ1) is 16.9. The van der Waals surface area contributed by atoms with Crippen molar-refractivity contribution in [1.29, 1.82) is 0 Å². The van der Waals surface area contributed by atoms with Crippen molar-refractivity contribution in [2.75, 3.05) is 12.4 Å². The van der Waals surface area contributed by atoms with Crippen LogP contribution in [-0.2, 0) is 16.6 Å². The molecular weight excluding hydrogens is 505 g/mol. The van der Waals surface area contributed by atoms with Gasteiger partial charge in [0.05, 0.1) is 16.1 Å². The Bertz CT molecular complexity index is 1550. The lowest BCUT2D eigenvalue weighted by atomic mass is 10.1. The molecule has 0 saturated carbocycles. The average Bonchev–Trinajstić information content (AvgIpc) is 3.17. The van der Waals surface area contributed by atoms with Crippen molar-refractivity contribution in [3.63, 3.8) is 0 Å². The molecule has 190 valence electrons. The number of nitrogens with one attached hydrogen (secondary N) is 2. The highest BCUT2D eigenvalue weighted by molar-refractivity contribution is 7.90. The van der Waals surface area contributed by atoms with Crippen molar-refractivity contribution >= 4 is 32.3 Å². The first-order valence-corrected chi connectivity index (χ1v) is 12.0. The first kappa shape index (κ1) is 25.5. The van der Waals surface area contributed by atoms with Crippen LogP contribution in [0.3, 0.4) is 0 Å². The van der Waals surface area contributed by atoms with Crippen molar-refractivity contribution in [2.45, 2.75) is 24.7 Å². The lowest BCUT2D eigenvalue weighted by Gasteiger charge is -2.13. The minimum absolute atomic E-state index is 0.127. The minimum atomic E-state index is -4.99. The van der Waals surface area contributed by atoms with E-state index < -0.39 is 38.7 Å². The van der Waals surface area contributed by atoms with Gasteiger partial charge >= 0.3 is 6.36 Å². The van der Waals surface area contributed by atoms with Crippen LogP contribution in [-0.4, -0.2) is 25.8 Å². The molecule has 0 aliphatic carbocycles. The molecule has 1 aromatic heterocycles. The number of aromatic nitrogens is 1. The summed E-state index contributed by atoms with van der Waals surface area (Å²) in [5, 5.41) is 6.21. The number of ether oxygens (including phenoxy) is 1. The standard InChI is InChI=1S/C24H20F5N3O3S/c1-14-6-9-20(23(26)22(14)25)31-16-7-8-19-15(12-30-2)13-32(21(19)10-16)36(33,34)18-5-3-4-17(11-18)35-24(27,28)29/h3-11,13,30-31H,12H2,1-2H3. The first-order valence-electron chi connectivity index (χ1n) is 10.5. The fraction of sp³-hybridized carbons (Fsp3) is 0.167. The highest BCUT2D eigenvalue weighted by Gasteiger charge is 2.32. The highest BCUT2D eigenvalue weighted by Crippen LogP contribution is 2.32. The molecule has 3 aromatic carbocycles. The Labute approximate surface area is 203 Å². The summed E-state index contributed by atoms with van der Waals surface area (Å²) in [4.78, 5) is -0.429. The van der Waals surface area contributed by atoms with Gasteiger partial charge in [0, 0.05) is 29.9 Å². The van der Waals surface area contributed by atoms with Crippen molar-refractivity contribution in [2.24, 2.45) is 0 Å². The summed E-state index contributed by atoms with van der Waals surface area (Å²) < 4.78 is 98.0. The van der Waals surface area contributed by atoms with Gasteiger partial charge in [-0.25, -0.2) is 21.2 Å². The van der Waals surface area contributed by atoms with Gasteiger partial charge in [-0.1, -0.05) is 18.2 Å². The van der Waals surface area contributed by atoms with E-state index in [4.69, 9.17) is 0 Å². The van der Waals surface area contributed by atoms with Crippen LogP contribution in [0.1, 0.15) is 11.1 Å². The van der Waals surface area contributed by atoms with Gasteiger partial charge in [0.15, 0.2) is 11.6 Å². The summed E-state index contributed by atoms with van der Waals surface area (Å²) in [5.74, 6) is -2.78. The van der Waals surface area contributed by atoms with E-state index in [2.05, 4.69) is 15.4 Å². The number of benzene rings is 3. The van der Waals surface area contributed by atoms with Gasteiger partial charge in [-0.2, -0.15) is 0 Å². The summed E-state index contributed by atoms with van der Waals surface area (Å²) in [7, 11) is -2.70. The van der Waals surface area contributed by atoms with E-state index >= 15 is 0 Å². The second-order valence-corrected chi connectivity index (χ2v) is 9.74. The fourth-order valence-corrected chi connectivity index (χ4v) is 5.14. The van der Waals surface area contributed by atoms with E-state index in [1.807, 2.05) is 0 Å². The zero-order chi connectivity index (χ0) is 26.3. The van der Waals surface area contributed by atoms with E-state index in [9.17, 15) is 30.4 Å². The van der Waals surface area contributed by atoms with Crippen LogP contribution in [0.4, 0.5) is 33.3 Å². The molecule has 0 spiro atoms. The predicted molar refractivity (Wildman–Crippen MR) is 125 cm³/mol. The number of rotatable bonds is 7. The third-order valence-electron chi connectivity index (χ3n) is 5.37. The Morgan fingerprint density at radius 1 is 1.00 bits per heavy atom. The zero-order valence-electron chi connectivity index (χ0n) is 19.0. The maximum atomic E-state index is 14.4. The molecule has 0 aliphatic rings. The molecule has 0 saturated heterocycles. The largest absolute Gasteiger partial charge is 0.573 e. The summed E-state index contributed by atoms with van der Waals surface area (Å²) in [6.07, 6.45) is -3.64. The fourth-order valence-electron chi connectivity index (χ4n) is 3.72. The minimum Gasteiger partial charge on any atom is -0.406 e. The maximum Gasteiger partial charge on any atom is 0.573 e. The van der Waals surface area contributed by atoms with Gasteiger partial charge in [-0.3, -0.25) is 0 Å². The second-order valence-electron chi connectivity index (χ2n) is 7.92. The van der Waals surface area contributed by atoms with Gasteiger partial charge in [0.1, 0.15) is 5.75 Å². The highest BCUT2D eigenvalue weighted by atomic mass is 32.2. The predicted octanol–water partition coefficient (Wildman–Crippen LogP) is 5.83. The molecule has 0 aliphatic heterocycles. The quantitative estimate of drug-likeness (QED) is 0.297. The van der Waals surface area contributed by atoms with Crippen molar-refractivity contribution in [1.82, 2.24) is 9.29 Å². The number of nitrogens with zero attached hydrogens (tertiary/aromatic N) is 1. The molecule has 4 aromatic rings. The molecule has 0 radical (unpaired) electrons. The Morgan fingerprint density at radius 3 is 2.44 bits per heavy atom. The summed E-state index contributed by atoms with van der Waals surface area (Å²) in [6, 6.07) is 11.4. The monoisotopic (exact) mass is 525 g/mol. The van der Waals surface area contributed by atoms with Crippen LogP contribution >= 0.6 is 0 Å². The van der Waals surface area contributed by atoms with Crippen LogP contribution in [0.15, 0.2) is 65.7 Å². The molecule has 6 nitrogen and oxygen atoms in total. The number of alkyl halides is 3. The van der Waals surface area contributed by atoms with Crippen molar-refractivity contribution in [3.05, 3.63) is 83.6 Å². The van der Waals surface area contributed by atoms with E-state index in [0.29, 0.717) is 17.5 Å². The molecule has 0 fully saturated rings. The van der Waals surface area contributed by atoms with Gasteiger partial charge in [0.2, 0.25) is 0 Å². The molecular formula is C24H20F5N3O3S. The lowest BCUT2D eigenvalue weighted by molar-refractivity contribution is -0.274. The molecule has 0 atom stereocenters. The summed E-state index contributed by atoms with van der Waals surface area (Å²) >= 11 is 0. The summed E-state index contributed by atoms with van der Waals surface area (Å²) in [6.45, 7) is 1.71. The van der Waals surface area contributed by atoms with Gasteiger partial charge in [0.25, 0.3) is 10.0 Å². The topological polar surface area (TPSA) is 72.4 Å². The molecule has 12 heteroatoms. The smallest absolute Gasteiger partial charge is 0.406 e. The number of hydrogen-bond acceptors (Lipinski definition) is 5. The Kier molecular flexibility index (Phi) is 6.67. The molecule has 0 bridgehead atoms. The molecule has 0 unspecified atom stereocenters. The van der Waals surface area contributed by atoms with Crippen LogP contribution in [0, 0.1) is 18.6 Å². The average molecular weight is 525 g/mol. The van der Waals surface area contributed by atoms with Gasteiger partial charge < -0.3 is 15.4 Å². The molecule has 0 amide bonds. The summed E-state index contributed by atoms with van der Waals surface area (Å²) in [5.41, 5.74) is 1.02. The van der Waals surface area contributed by atoms with E-state index in [1.165, 1.54) is 31.3 Å². The lowest BCUT2D eigenvalue weighted by Crippen LogP contribution is -2.18. The van der Waals surface area contributed by atoms with E-state index in [-0.39, 0.29) is 22.5 Å². The SMILES string of the molecule is CNCc1cn(S(=O)(=O)c2cccc(OC(F)(F)F)c2)c2cc(Nc3ccc(C)c(F)c3F)ccc12. The Morgan fingerprint density at radius 2 is 1.75 bits per heavy atom. The number of fused-ring (bicyclic) bond motifs is 1. The van der Waals surface area contributed by atoms with Crippen LogP contribution in [0.2, 0.25) is 0 Å². The third kappa shape index (κ3) is 5.00. The van der Waals surface area contributed by atoms with Gasteiger partial charge in [-0.15, -0.1) is 13.2 Å². The normalized spacial score (nSPS) is 12.2. The van der Waals surface area contributed by atoms with Gasteiger partial charge in [-0.05, 0) is 55.4 Å². The number of hydrogen-bond donors (Lipinski definition) is 2. The van der Waals surface area contributed by atoms with Crippen molar-refractivity contribution in [3.8, 4) is 5.75 Å². The molecule has 2 N–H and O–H groups in total. The Hall–Kier alpha value is -3.64. The number of anilines is 2. The van der Waals surface area contributed by atoms with Crippen LogP contribution in [0.25, 0.3) is 10.9 Å². The second kappa shape index (κ2) is 9.43. The molecule has 1 heterocycles. The third-order valence-corrected chi connectivity index (χ3v) is 7.04. The van der Waals surface area contributed by atoms with E-state index in [1.54, 1.807) is 19.2 Å². The van der Waals surface area contributed by atoms with Crippen LogP contribution < -0.4 is 15.4 Å².